The highest BCUT2D eigenvalue weighted by atomic mass is 35.5. The van der Waals surface area contributed by atoms with Gasteiger partial charge in [0.05, 0.1) is 4.34 Å². The Morgan fingerprint density at radius 2 is 2.31 bits per heavy atom. The molecule has 2 nitrogen and oxygen atoms in total. The van der Waals surface area contributed by atoms with Gasteiger partial charge < -0.3 is 10.1 Å². The first kappa shape index (κ1) is 14.0. The van der Waals surface area contributed by atoms with Crippen molar-refractivity contribution in [3.05, 3.63) is 21.3 Å². The van der Waals surface area contributed by atoms with Gasteiger partial charge in [-0.2, -0.15) is 0 Å². The highest BCUT2D eigenvalue weighted by Gasteiger charge is 2.03. The van der Waals surface area contributed by atoms with Crippen LogP contribution >= 0.6 is 22.9 Å². The van der Waals surface area contributed by atoms with E-state index in [1.54, 1.807) is 18.4 Å². The second-order valence-electron chi connectivity index (χ2n) is 3.95. The molecule has 0 fully saturated rings. The molecule has 0 aliphatic rings. The number of rotatable bonds is 8. The van der Waals surface area contributed by atoms with Crippen LogP contribution in [0, 0.1) is 0 Å². The van der Waals surface area contributed by atoms with Crippen molar-refractivity contribution in [1.29, 1.82) is 0 Å². The van der Waals surface area contributed by atoms with Crippen molar-refractivity contribution in [2.45, 2.75) is 32.2 Å². The van der Waals surface area contributed by atoms with Crippen LogP contribution in [0.1, 0.15) is 24.6 Å². The van der Waals surface area contributed by atoms with E-state index in [4.69, 9.17) is 16.3 Å². The van der Waals surface area contributed by atoms with Crippen molar-refractivity contribution in [2.75, 3.05) is 20.3 Å². The van der Waals surface area contributed by atoms with Crippen molar-refractivity contribution >= 4 is 22.9 Å². The van der Waals surface area contributed by atoms with Gasteiger partial charge in [0.15, 0.2) is 0 Å². The molecule has 1 atom stereocenters. The van der Waals surface area contributed by atoms with Crippen LogP contribution in [0.4, 0.5) is 0 Å². The van der Waals surface area contributed by atoms with Gasteiger partial charge in [-0.15, -0.1) is 11.3 Å². The normalized spacial score (nSPS) is 12.9. The zero-order valence-electron chi connectivity index (χ0n) is 9.96. The minimum atomic E-state index is 0.553. The first-order valence-electron chi connectivity index (χ1n) is 5.69. The molecule has 1 rings (SSSR count). The summed E-state index contributed by atoms with van der Waals surface area (Å²) >= 11 is 7.56. The van der Waals surface area contributed by atoms with Crippen LogP contribution in [-0.2, 0) is 11.2 Å². The maximum atomic E-state index is 5.88. The molecule has 0 saturated heterocycles. The molecule has 0 amide bonds. The summed E-state index contributed by atoms with van der Waals surface area (Å²) in [6.45, 7) is 4.09. The van der Waals surface area contributed by atoms with Gasteiger partial charge in [-0.1, -0.05) is 11.6 Å². The van der Waals surface area contributed by atoms with Crippen molar-refractivity contribution in [3.8, 4) is 0 Å². The fraction of sp³-hybridized carbons (Fsp3) is 0.667. The molecule has 1 aromatic heterocycles. The molecule has 0 aliphatic carbocycles. The van der Waals surface area contributed by atoms with Crippen molar-refractivity contribution in [1.82, 2.24) is 5.32 Å². The first-order valence-corrected chi connectivity index (χ1v) is 6.88. The highest BCUT2D eigenvalue weighted by Crippen LogP contribution is 2.22. The Morgan fingerprint density at radius 1 is 1.50 bits per heavy atom. The topological polar surface area (TPSA) is 21.3 Å². The van der Waals surface area contributed by atoms with Gasteiger partial charge in [-0.05, 0) is 44.9 Å². The SMILES string of the molecule is COCCCNC(C)CCc1ccc(Cl)s1. The number of aryl methyl sites for hydroxylation is 1. The summed E-state index contributed by atoms with van der Waals surface area (Å²) in [5.74, 6) is 0. The van der Waals surface area contributed by atoms with Crippen LogP contribution in [0.25, 0.3) is 0 Å². The second-order valence-corrected chi connectivity index (χ2v) is 5.75. The average Bonchev–Trinajstić information content (AvgIpc) is 2.68. The molecule has 0 radical (unpaired) electrons. The molecule has 0 spiro atoms. The number of halogens is 1. The largest absolute Gasteiger partial charge is 0.385 e. The molecule has 92 valence electrons. The van der Waals surface area contributed by atoms with E-state index in [9.17, 15) is 0 Å². The Morgan fingerprint density at radius 3 is 2.94 bits per heavy atom. The number of hydrogen-bond donors (Lipinski definition) is 1. The molecule has 0 aliphatic heterocycles. The summed E-state index contributed by atoms with van der Waals surface area (Å²) < 4.78 is 5.89. The third-order valence-electron chi connectivity index (χ3n) is 2.47. The lowest BCUT2D eigenvalue weighted by atomic mass is 10.1. The molecule has 0 aromatic carbocycles. The van der Waals surface area contributed by atoms with Gasteiger partial charge in [0.2, 0.25) is 0 Å². The van der Waals surface area contributed by atoms with Crippen LogP contribution < -0.4 is 5.32 Å². The van der Waals surface area contributed by atoms with Crippen LogP contribution in [0.5, 0.6) is 0 Å². The monoisotopic (exact) mass is 261 g/mol. The lowest BCUT2D eigenvalue weighted by Crippen LogP contribution is -2.28. The number of nitrogens with one attached hydrogen (secondary N) is 1. The van der Waals surface area contributed by atoms with E-state index in [0.29, 0.717) is 6.04 Å². The molecular weight excluding hydrogens is 242 g/mol. The number of ether oxygens (including phenoxy) is 1. The number of methoxy groups -OCH3 is 1. The van der Waals surface area contributed by atoms with Gasteiger partial charge in [0, 0.05) is 24.6 Å². The predicted octanol–water partition coefficient (Wildman–Crippen LogP) is 3.35. The standard InChI is InChI=1S/C12H20ClNOS/c1-10(14-8-3-9-15-2)4-5-11-6-7-12(13)16-11/h6-7,10,14H,3-5,8-9H2,1-2H3. The Balaban J connectivity index is 2.08. The van der Waals surface area contributed by atoms with Crippen LogP contribution in [0.15, 0.2) is 12.1 Å². The number of hydrogen-bond acceptors (Lipinski definition) is 3. The van der Waals surface area contributed by atoms with Crippen molar-refractivity contribution < 1.29 is 4.74 Å². The summed E-state index contributed by atoms with van der Waals surface area (Å²) in [6, 6.07) is 4.64. The highest BCUT2D eigenvalue weighted by molar-refractivity contribution is 7.16. The van der Waals surface area contributed by atoms with Gasteiger partial charge in [-0.25, -0.2) is 0 Å². The fourth-order valence-electron chi connectivity index (χ4n) is 1.51. The van der Waals surface area contributed by atoms with Crippen molar-refractivity contribution in [3.63, 3.8) is 0 Å². The zero-order valence-corrected chi connectivity index (χ0v) is 11.5. The van der Waals surface area contributed by atoms with Gasteiger partial charge in [-0.3, -0.25) is 0 Å². The average molecular weight is 262 g/mol. The summed E-state index contributed by atoms with van der Waals surface area (Å²) in [4.78, 5) is 1.37. The molecule has 0 saturated carbocycles. The predicted molar refractivity (Wildman–Crippen MR) is 71.6 cm³/mol. The third kappa shape index (κ3) is 5.85. The first-order chi connectivity index (χ1) is 7.72. The zero-order chi connectivity index (χ0) is 11.8. The summed E-state index contributed by atoms with van der Waals surface area (Å²) in [7, 11) is 1.74. The third-order valence-corrected chi connectivity index (χ3v) is 3.76. The van der Waals surface area contributed by atoms with E-state index in [0.717, 1.165) is 36.8 Å². The van der Waals surface area contributed by atoms with E-state index < -0.39 is 0 Å². The molecule has 0 bridgehead atoms. The van der Waals surface area contributed by atoms with Gasteiger partial charge in [0.1, 0.15) is 0 Å². The molecule has 1 heterocycles. The minimum Gasteiger partial charge on any atom is -0.385 e. The Bertz CT molecular complexity index is 290. The molecule has 16 heavy (non-hydrogen) atoms. The Hall–Kier alpha value is -0.0900. The Kier molecular flexibility index (Phi) is 7.05. The van der Waals surface area contributed by atoms with Crippen molar-refractivity contribution in [2.24, 2.45) is 0 Å². The van der Waals surface area contributed by atoms with Gasteiger partial charge >= 0.3 is 0 Å². The lowest BCUT2D eigenvalue weighted by molar-refractivity contribution is 0.193. The smallest absolute Gasteiger partial charge is 0.0931 e. The minimum absolute atomic E-state index is 0.553. The van der Waals surface area contributed by atoms with E-state index in [2.05, 4.69) is 18.3 Å². The Labute approximate surface area is 107 Å². The number of thiophene rings is 1. The van der Waals surface area contributed by atoms with Crippen LogP contribution in [0.3, 0.4) is 0 Å². The molecule has 1 N–H and O–H groups in total. The molecular formula is C12H20ClNOS. The maximum absolute atomic E-state index is 5.88. The lowest BCUT2D eigenvalue weighted by Gasteiger charge is -2.12. The van der Waals surface area contributed by atoms with E-state index >= 15 is 0 Å². The molecule has 1 unspecified atom stereocenters. The van der Waals surface area contributed by atoms with E-state index in [-0.39, 0.29) is 0 Å². The van der Waals surface area contributed by atoms with Gasteiger partial charge in [0.25, 0.3) is 0 Å². The van der Waals surface area contributed by atoms with E-state index in [1.165, 1.54) is 4.88 Å². The summed E-state index contributed by atoms with van der Waals surface area (Å²) in [5, 5.41) is 3.49. The quantitative estimate of drug-likeness (QED) is 0.725. The van der Waals surface area contributed by atoms with E-state index in [1.807, 2.05) is 6.07 Å². The van der Waals surface area contributed by atoms with Crippen LogP contribution in [-0.4, -0.2) is 26.3 Å². The second kappa shape index (κ2) is 8.07. The fourth-order valence-corrected chi connectivity index (χ4v) is 2.61. The summed E-state index contributed by atoms with van der Waals surface area (Å²) in [6.07, 6.45) is 3.34. The maximum Gasteiger partial charge on any atom is 0.0931 e. The summed E-state index contributed by atoms with van der Waals surface area (Å²) in [5.41, 5.74) is 0. The van der Waals surface area contributed by atoms with Crippen LogP contribution in [0.2, 0.25) is 4.34 Å². The molecule has 1 aromatic rings. The molecule has 4 heteroatoms.